The number of carboxylic acids is 1. The second-order valence-electron chi connectivity index (χ2n) is 8.94. The van der Waals surface area contributed by atoms with Crippen molar-refractivity contribution < 1.29 is 24.6 Å². The van der Waals surface area contributed by atoms with Crippen LogP contribution in [0.1, 0.15) is 53.8 Å². The number of carboxylic acid groups (broad SMARTS) is 1. The molecule has 10 heteroatoms. The van der Waals surface area contributed by atoms with Gasteiger partial charge in [-0.3, -0.25) is 9.59 Å². The number of aromatic amines is 1. The molecule has 3 heterocycles. The normalized spacial score (nSPS) is 13.4. The number of anilines is 1. The molecule has 2 aromatic heterocycles. The smallest absolute Gasteiger partial charge is 0.326 e. The fraction of sp³-hybridized carbons (Fsp3) is 0.385. The van der Waals surface area contributed by atoms with E-state index >= 15 is 0 Å². The molecule has 190 valence electrons. The summed E-state index contributed by atoms with van der Waals surface area (Å²) in [5.74, 6) is -1.38. The number of aryl methyl sites for hydroxylation is 2. The van der Waals surface area contributed by atoms with Crippen LogP contribution in [0.25, 0.3) is 10.9 Å². The van der Waals surface area contributed by atoms with Gasteiger partial charge in [-0.2, -0.15) is 0 Å². The van der Waals surface area contributed by atoms with Crippen molar-refractivity contribution in [3.05, 3.63) is 53.3 Å². The van der Waals surface area contributed by atoms with E-state index in [1.54, 1.807) is 24.3 Å². The van der Waals surface area contributed by atoms with Crippen molar-refractivity contribution in [1.82, 2.24) is 20.6 Å². The fourth-order valence-corrected chi connectivity index (χ4v) is 4.32. The van der Waals surface area contributed by atoms with Crippen molar-refractivity contribution in [3.8, 4) is 5.75 Å². The van der Waals surface area contributed by atoms with E-state index in [1.807, 2.05) is 6.07 Å². The van der Waals surface area contributed by atoms with E-state index in [0.717, 1.165) is 43.7 Å². The van der Waals surface area contributed by atoms with Gasteiger partial charge in [0.1, 0.15) is 17.6 Å². The van der Waals surface area contributed by atoms with Crippen LogP contribution in [-0.4, -0.2) is 57.1 Å². The van der Waals surface area contributed by atoms with Gasteiger partial charge < -0.3 is 31.1 Å². The maximum absolute atomic E-state index is 12.6. The zero-order valence-corrected chi connectivity index (χ0v) is 20.0. The molecular formula is C26H31N5O5. The van der Waals surface area contributed by atoms with E-state index in [-0.39, 0.29) is 30.3 Å². The molecular weight excluding hydrogens is 462 g/mol. The third-order valence-electron chi connectivity index (χ3n) is 6.30. The Balaban J connectivity index is 1.18. The molecule has 0 bridgehead atoms. The van der Waals surface area contributed by atoms with E-state index < -0.39 is 17.9 Å². The van der Waals surface area contributed by atoms with Crippen LogP contribution in [0, 0.1) is 0 Å². The summed E-state index contributed by atoms with van der Waals surface area (Å²) in [6.07, 6.45) is 4.81. The lowest BCUT2D eigenvalue weighted by Gasteiger charge is -2.17. The Bertz CT molecular complexity index is 1250. The van der Waals surface area contributed by atoms with Gasteiger partial charge in [-0.05, 0) is 62.3 Å². The molecule has 0 saturated carbocycles. The van der Waals surface area contributed by atoms with Gasteiger partial charge in [0.15, 0.2) is 5.75 Å². The number of hydrogen-bond donors (Lipinski definition) is 6. The summed E-state index contributed by atoms with van der Waals surface area (Å²) in [4.78, 5) is 43.8. The standard InChI is InChI=1S/C26H31N5O5/c32-21(10-4-1-7-17-12-11-16-6-5-14-28-24(16)29-17)27-15-13-20(26(35)36)31-25(34)22-23(33)18-8-2-3-9-19(18)30-22/h2-3,8-9,11-12,20,30,33H,1,4-7,10,13-15H2,(H,27,32)(H,28,29)(H,31,34)(H,35,36)/t20-/m0/s1. The van der Waals surface area contributed by atoms with Crippen LogP contribution >= 0.6 is 0 Å². The van der Waals surface area contributed by atoms with Crippen molar-refractivity contribution >= 4 is 34.5 Å². The molecule has 0 unspecified atom stereocenters. The van der Waals surface area contributed by atoms with E-state index in [1.165, 1.54) is 5.56 Å². The topological polar surface area (TPSA) is 156 Å². The van der Waals surface area contributed by atoms with Crippen LogP contribution < -0.4 is 16.0 Å². The van der Waals surface area contributed by atoms with Crippen molar-refractivity contribution in [2.24, 2.45) is 0 Å². The first-order chi connectivity index (χ1) is 17.4. The fourth-order valence-electron chi connectivity index (χ4n) is 4.32. The molecule has 3 aromatic rings. The van der Waals surface area contributed by atoms with Crippen LogP contribution in [0.5, 0.6) is 5.75 Å². The summed E-state index contributed by atoms with van der Waals surface area (Å²) >= 11 is 0. The molecule has 0 spiro atoms. The molecule has 0 fully saturated rings. The number of unbranched alkanes of at least 4 members (excludes halogenated alkanes) is 1. The van der Waals surface area contributed by atoms with Crippen LogP contribution in [0.3, 0.4) is 0 Å². The summed E-state index contributed by atoms with van der Waals surface area (Å²) in [5, 5.41) is 28.7. The summed E-state index contributed by atoms with van der Waals surface area (Å²) < 4.78 is 0. The minimum atomic E-state index is -1.22. The molecule has 0 saturated heterocycles. The monoisotopic (exact) mass is 493 g/mol. The number of pyridine rings is 1. The molecule has 1 aromatic carbocycles. The Labute approximate surface area is 208 Å². The van der Waals surface area contributed by atoms with Crippen molar-refractivity contribution in [3.63, 3.8) is 0 Å². The Morgan fingerprint density at radius 3 is 2.75 bits per heavy atom. The summed E-state index contributed by atoms with van der Waals surface area (Å²) in [7, 11) is 0. The Morgan fingerprint density at radius 1 is 1.11 bits per heavy atom. The number of aromatic hydroxyl groups is 1. The average Bonchev–Trinajstić information content (AvgIpc) is 3.22. The van der Waals surface area contributed by atoms with Crippen molar-refractivity contribution in [1.29, 1.82) is 0 Å². The Morgan fingerprint density at radius 2 is 1.94 bits per heavy atom. The number of carbonyl (C=O) groups is 3. The highest BCUT2D eigenvalue weighted by atomic mass is 16.4. The van der Waals surface area contributed by atoms with Crippen LogP contribution in [0.4, 0.5) is 5.82 Å². The third-order valence-corrected chi connectivity index (χ3v) is 6.30. The molecule has 2 amide bonds. The Kier molecular flexibility index (Phi) is 8.04. The number of nitrogens with zero attached hydrogens (tertiary/aromatic N) is 1. The Hall–Kier alpha value is -4.08. The quantitative estimate of drug-likeness (QED) is 0.224. The highest BCUT2D eigenvalue weighted by Gasteiger charge is 2.24. The van der Waals surface area contributed by atoms with Gasteiger partial charge in [-0.15, -0.1) is 0 Å². The summed E-state index contributed by atoms with van der Waals surface area (Å²) in [6, 6.07) is 9.79. The van der Waals surface area contributed by atoms with Crippen molar-refractivity contribution in [2.45, 2.75) is 51.0 Å². The molecule has 1 aliphatic heterocycles. The highest BCUT2D eigenvalue weighted by molar-refractivity contribution is 6.04. The van der Waals surface area contributed by atoms with Gasteiger partial charge in [-0.1, -0.05) is 18.2 Å². The van der Waals surface area contributed by atoms with E-state index in [4.69, 9.17) is 0 Å². The van der Waals surface area contributed by atoms with E-state index in [2.05, 4.69) is 32.0 Å². The van der Waals surface area contributed by atoms with Crippen LogP contribution in [-0.2, 0) is 22.4 Å². The molecule has 1 aliphatic rings. The number of aliphatic carboxylic acids is 1. The second-order valence-corrected chi connectivity index (χ2v) is 8.94. The number of aromatic nitrogens is 2. The average molecular weight is 494 g/mol. The molecule has 0 aliphatic carbocycles. The van der Waals surface area contributed by atoms with Gasteiger partial charge in [-0.25, -0.2) is 9.78 Å². The molecule has 0 radical (unpaired) electrons. The number of hydrogen-bond acceptors (Lipinski definition) is 6. The minimum Gasteiger partial charge on any atom is -0.505 e. The minimum absolute atomic E-state index is 0.0137. The number of benzene rings is 1. The van der Waals surface area contributed by atoms with Gasteiger partial charge in [0, 0.05) is 36.1 Å². The maximum atomic E-state index is 12.6. The molecule has 4 rings (SSSR count). The lowest BCUT2D eigenvalue weighted by Crippen LogP contribution is -2.43. The van der Waals surface area contributed by atoms with Gasteiger partial charge in [0.25, 0.3) is 5.91 Å². The van der Waals surface area contributed by atoms with Crippen LogP contribution in [0.15, 0.2) is 36.4 Å². The number of carbonyl (C=O) groups excluding carboxylic acids is 2. The predicted octanol–water partition coefficient (Wildman–Crippen LogP) is 2.73. The third kappa shape index (κ3) is 6.12. The molecule has 10 nitrogen and oxygen atoms in total. The summed E-state index contributed by atoms with van der Waals surface area (Å²) in [6.45, 7) is 1.05. The number of para-hydroxylation sites is 1. The second kappa shape index (κ2) is 11.6. The molecule has 36 heavy (non-hydrogen) atoms. The number of amides is 2. The van der Waals surface area contributed by atoms with Gasteiger partial charge in [0.2, 0.25) is 5.91 Å². The number of H-pyrrole nitrogens is 1. The maximum Gasteiger partial charge on any atom is 0.326 e. The van der Waals surface area contributed by atoms with E-state index in [0.29, 0.717) is 23.7 Å². The largest absolute Gasteiger partial charge is 0.505 e. The highest BCUT2D eigenvalue weighted by Crippen LogP contribution is 2.28. The first-order valence-electron chi connectivity index (χ1n) is 12.2. The number of fused-ring (bicyclic) bond motifs is 2. The van der Waals surface area contributed by atoms with Gasteiger partial charge >= 0.3 is 5.97 Å². The zero-order valence-electron chi connectivity index (χ0n) is 20.0. The van der Waals surface area contributed by atoms with Gasteiger partial charge in [0.05, 0.1) is 0 Å². The summed E-state index contributed by atoms with van der Waals surface area (Å²) in [5.41, 5.74) is 2.72. The zero-order chi connectivity index (χ0) is 25.5. The number of rotatable bonds is 11. The SMILES string of the molecule is O=C(CCCCc1ccc2c(n1)NCCC2)NCC[C@H](NC(=O)c1[nH]c2ccccc2c1O)C(=O)O. The van der Waals surface area contributed by atoms with Crippen molar-refractivity contribution in [2.75, 3.05) is 18.4 Å². The lowest BCUT2D eigenvalue weighted by molar-refractivity contribution is -0.139. The van der Waals surface area contributed by atoms with Crippen LogP contribution in [0.2, 0.25) is 0 Å². The molecule has 1 atom stereocenters. The first kappa shape index (κ1) is 25.0. The molecule has 6 N–H and O–H groups in total. The predicted molar refractivity (Wildman–Crippen MR) is 135 cm³/mol. The van der Waals surface area contributed by atoms with E-state index in [9.17, 15) is 24.6 Å². The first-order valence-corrected chi connectivity index (χ1v) is 12.2. The lowest BCUT2D eigenvalue weighted by atomic mass is 10.1. The number of nitrogens with one attached hydrogen (secondary N) is 4.